The van der Waals surface area contributed by atoms with E-state index in [1.165, 1.54) is 36.8 Å². The summed E-state index contributed by atoms with van der Waals surface area (Å²) in [6.07, 6.45) is 8.85. The van der Waals surface area contributed by atoms with Gasteiger partial charge in [0, 0.05) is 12.4 Å². The molecule has 0 saturated heterocycles. The van der Waals surface area contributed by atoms with Crippen molar-refractivity contribution in [1.82, 2.24) is 4.98 Å². The highest BCUT2D eigenvalue weighted by Crippen LogP contribution is 2.28. The lowest BCUT2D eigenvalue weighted by atomic mass is 9.88. The predicted octanol–water partition coefficient (Wildman–Crippen LogP) is 5.55. The first-order valence-electron chi connectivity index (χ1n) is 7.76. The number of hydrogen-bond donors (Lipinski definition) is 0. The van der Waals surface area contributed by atoms with Crippen molar-refractivity contribution >= 4 is 0 Å². The molecule has 0 aliphatic carbocycles. The Kier molecular flexibility index (Phi) is 5.79. The van der Waals surface area contributed by atoms with Gasteiger partial charge in [-0.15, -0.1) is 0 Å². The van der Waals surface area contributed by atoms with Crippen molar-refractivity contribution in [2.24, 2.45) is 0 Å². The van der Waals surface area contributed by atoms with Crippen molar-refractivity contribution in [2.45, 2.75) is 51.4 Å². The third-order valence-electron chi connectivity index (χ3n) is 4.23. The molecule has 2 atom stereocenters. The number of rotatable bonds is 7. The van der Waals surface area contributed by atoms with Crippen LogP contribution in [0.4, 0.5) is 0 Å². The Labute approximate surface area is 123 Å². The first kappa shape index (κ1) is 14.8. The van der Waals surface area contributed by atoms with Crippen LogP contribution in [0.5, 0.6) is 0 Å². The highest BCUT2D eigenvalue weighted by atomic mass is 14.6. The van der Waals surface area contributed by atoms with Crippen molar-refractivity contribution in [2.75, 3.05) is 0 Å². The lowest BCUT2D eigenvalue weighted by Crippen LogP contribution is -1.99. The molecule has 0 spiro atoms. The maximum atomic E-state index is 4.09. The Morgan fingerprint density at radius 3 is 2.25 bits per heavy atom. The van der Waals surface area contributed by atoms with Gasteiger partial charge in [-0.25, -0.2) is 0 Å². The van der Waals surface area contributed by atoms with Gasteiger partial charge in [0.25, 0.3) is 0 Å². The van der Waals surface area contributed by atoms with Crippen LogP contribution in [-0.2, 0) is 0 Å². The summed E-state index contributed by atoms with van der Waals surface area (Å²) >= 11 is 0. The topological polar surface area (TPSA) is 12.9 Å². The molecular weight excluding hydrogens is 242 g/mol. The molecule has 2 unspecified atom stereocenters. The summed E-state index contributed by atoms with van der Waals surface area (Å²) in [6, 6.07) is 15.2. The summed E-state index contributed by atoms with van der Waals surface area (Å²) in [7, 11) is 0. The maximum absolute atomic E-state index is 4.09. The molecule has 20 heavy (non-hydrogen) atoms. The van der Waals surface area contributed by atoms with Gasteiger partial charge >= 0.3 is 0 Å². The summed E-state index contributed by atoms with van der Waals surface area (Å²) in [4.78, 5) is 4.09. The van der Waals surface area contributed by atoms with E-state index in [-0.39, 0.29) is 0 Å². The first-order valence-corrected chi connectivity index (χ1v) is 7.76. The van der Waals surface area contributed by atoms with E-state index in [1.807, 2.05) is 12.4 Å². The lowest BCUT2D eigenvalue weighted by Gasteiger charge is -2.17. The zero-order valence-electron chi connectivity index (χ0n) is 12.6. The average molecular weight is 267 g/mol. The highest BCUT2D eigenvalue weighted by Gasteiger charge is 2.10. The smallest absolute Gasteiger partial charge is 0.0270 e. The van der Waals surface area contributed by atoms with Crippen molar-refractivity contribution in [3.8, 4) is 0 Å². The largest absolute Gasteiger partial charge is 0.265 e. The van der Waals surface area contributed by atoms with Crippen LogP contribution < -0.4 is 0 Å². The Balaban J connectivity index is 1.83. The number of benzene rings is 1. The molecule has 0 bridgehead atoms. The number of aromatic nitrogens is 1. The fourth-order valence-electron chi connectivity index (χ4n) is 2.86. The molecule has 1 aromatic carbocycles. The Morgan fingerprint density at radius 2 is 1.60 bits per heavy atom. The maximum Gasteiger partial charge on any atom is 0.0270 e. The molecule has 0 N–H and O–H groups in total. The zero-order chi connectivity index (χ0) is 14.2. The SMILES string of the molecule is CCC(CCCC(C)c1ccncc1)c1ccccc1. The molecule has 0 aliphatic heterocycles. The van der Waals surface area contributed by atoms with Crippen LogP contribution in [-0.4, -0.2) is 4.98 Å². The van der Waals surface area contributed by atoms with Gasteiger partial charge in [-0.2, -0.15) is 0 Å². The summed E-state index contributed by atoms with van der Waals surface area (Å²) < 4.78 is 0. The van der Waals surface area contributed by atoms with E-state index in [9.17, 15) is 0 Å². The van der Waals surface area contributed by atoms with E-state index in [2.05, 4.69) is 61.3 Å². The molecule has 0 fully saturated rings. The third kappa shape index (κ3) is 4.19. The minimum atomic E-state index is 0.631. The standard InChI is InChI=1S/C19H25N/c1-3-17(19-9-5-4-6-10-19)11-7-8-16(2)18-12-14-20-15-13-18/h4-6,9-10,12-17H,3,7-8,11H2,1-2H3. The normalized spacial score (nSPS) is 13.9. The molecule has 2 rings (SSSR count). The van der Waals surface area contributed by atoms with E-state index in [0.717, 1.165) is 0 Å². The lowest BCUT2D eigenvalue weighted by molar-refractivity contribution is 0.529. The van der Waals surface area contributed by atoms with Crippen molar-refractivity contribution < 1.29 is 0 Å². The van der Waals surface area contributed by atoms with E-state index >= 15 is 0 Å². The van der Waals surface area contributed by atoms with Gasteiger partial charge in [0.15, 0.2) is 0 Å². The van der Waals surface area contributed by atoms with Crippen LogP contribution in [0.3, 0.4) is 0 Å². The molecule has 106 valence electrons. The van der Waals surface area contributed by atoms with Crippen LogP contribution in [0.25, 0.3) is 0 Å². The van der Waals surface area contributed by atoms with Crippen LogP contribution in [0.2, 0.25) is 0 Å². The Bertz CT molecular complexity index is 478. The minimum Gasteiger partial charge on any atom is -0.265 e. The van der Waals surface area contributed by atoms with Crippen molar-refractivity contribution in [3.05, 3.63) is 66.0 Å². The molecule has 1 aromatic heterocycles. The summed E-state index contributed by atoms with van der Waals surface area (Å²) in [5.41, 5.74) is 2.90. The second-order valence-corrected chi connectivity index (χ2v) is 5.63. The van der Waals surface area contributed by atoms with Crippen LogP contribution >= 0.6 is 0 Å². The average Bonchev–Trinajstić information content (AvgIpc) is 2.53. The minimum absolute atomic E-state index is 0.631. The Hall–Kier alpha value is -1.63. The fourth-order valence-corrected chi connectivity index (χ4v) is 2.86. The zero-order valence-corrected chi connectivity index (χ0v) is 12.6. The first-order chi connectivity index (χ1) is 9.81. The second-order valence-electron chi connectivity index (χ2n) is 5.63. The van der Waals surface area contributed by atoms with E-state index < -0.39 is 0 Å². The molecule has 0 radical (unpaired) electrons. The van der Waals surface area contributed by atoms with Crippen molar-refractivity contribution in [1.29, 1.82) is 0 Å². The van der Waals surface area contributed by atoms with Gasteiger partial charge in [-0.05, 0) is 54.4 Å². The monoisotopic (exact) mass is 267 g/mol. The van der Waals surface area contributed by atoms with Gasteiger partial charge in [-0.1, -0.05) is 50.6 Å². The second kappa shape index (κ2) is 7.84. The molecule has 0 amide bonds. The van der Waals surface area contributed by atoms with E-state index in [1.54, 1.807) is 0 Å². The summed E-state index contributed by atoms with van der Waals surface area (Å²) in [5.74, 6) is 1.34. The summed E-state index contributed by atoms with van der Waals surface area (Å²) in [6.45, 7) is 4.61. The van der Waals surface area contributed by atoms with Crippen LogP contribution in [0, 0.1) is 0 Å². The molecule has 1 heteroatoms. The molecule has 2 aromatic rings. The Morgan fingerprint density at radius 1 is 0.900 bits per heavy atom. The summed E-state index contributed by atoms with van der Waals surface area (Å²) in [5, 5.41) is 0. The number of pyridine rings is 1. The quantitative estimate of drug-likeness (QED) is 0.641. The number of nitrogens with zero attached hydrogens (tertiary/aromatic N) is 1. The van der Waals surface area contributed by atoms with E-state index in [4.69, 9.17) is 0 Å². The fraction of sp³-hybridized carbons (Fsp3) is 0.421. The van der Waals surface area contributed by atoms with Gasteiger partial charge < -0.3 is 0 Å². The van der Waals surface area contributed by atoms with Gasteiger partial charge in [0.2, 0.25) is 0 Å². The van der Waals surface area contributed by atoms with E-state index in [0.29, 0.717) is 11.8 Å². The molecule has 1 nitrogen and oxygen atoms in total. The van der Waals surface area contributed by atoms with Crippen LogP contribution in [0.15, 0.2) is 54.9 Å². The van der Waals surface area contributed by atoms with Gasteiger partial charge in [-0.3, -0.25) is 4.98 Å². The molecule has 0 saturated carbocycles. The third-order valence-corrected chi connectivity index (χ3v) is 4.23. The molecule has 0 aliphatic rings. The predicted molar refractivity (Wildman–Crippen MR) is 86.0 cm³/mol. The van der Waals surface area contributed by atoms with Crippen LogP contribution in [0.1, 0.15) is 62.5 Å². The van der Waals surface area contributed by atoms with Crippen molar-refractivity contribution in [3.63, 3.8) is 0 Å². The molecule has 1 heterocycles. The number of hydrogen-bond acceptors (Lipinski definition) is 1. The van der Waals surface area contributed by atoms with Gasteiger partial charge in [0.05, 0.1) is 0 Å². The molecular formula is C19H25N. The highest BCUT2D eigenvalue weighted by molar-refractivity contribution is 5.19. The van der Waals surface area contributed by atoms with Gasteiger partial charge in [0.1, 0.15) is 0 Å².